The molecule has 1 aliphatic rings. The molecule has 1 fully saturated rings. The number of hydrogen-bond donors (Lipinski definition) is 2. The highest BCUT2D eigenvalue weighted by molar-refractivity contribution is 5.94. The first-order valence-corrected chi connectivity index (χ1v) is 2.22. The van der Waals surface area contributed by atoms with Gasteiger partial charge in [0.05, 0.1) is 6.42 Å². The standard InChI is InChI=1S/C4H5NO3/c6-3-1-2(5-3)4(7)8/h2H,1H2,(H,5,6)(H,7,8). The summed E-state index contributed by atoms with van der Waals surface area (Å²) >= 11 is 0. The van der Waals surface area contributed by atoms with E-state index < -0.39 is 12.0 Å². The van der Waals surface area contributed by atoms with Gasteiger partial charge >= 0.3 is 5.97 Å². The van der Waals surface area contributed by atoms with Crippen LogP contribution in [0, 0.1) is 0 Å². The van der Waals surface area contributed by atoms with Gasteiger partial charge in [0, 0.05) is 0 Å². The van der Waals surface area contributed by atoms with Crippen molar-refractivity contribution in [3.63, 3.8) is 0 Å². The molecule has 0 saturated carbocycles. The molecule has 8 heavy (non-hydrogen) atoms. The number of aliphatic carboxylic acids is 1. The van der Waals surface area contributed by atoms with Crippen LogP contribution in [0.1, 0.15) is 6.42 Å². The van der Waals surface area contributed by atoms with Crippen molar-refractivity contribution in [1.82, 2.24) is 5.32 Å². The Labute approximate surface area is 45.5 Å². The number of amides is 1. The smallest absolute Gasteiger partial charge is 0.326 e. The van der Waals surface area contributed by atoms with E-state index in [1.807, 2.05) is 0 Å². The summed E-state index contributed by atoms with van der Waals surface area (Å²) in [5, 5.41) is 10.3. The van der Waals surface area contributed by atoms with Crippen LogP contribution in [-0.4, -0.2) is 23.0 Å². The minimum absolute atomic E-state index is 0.134. The molecule has 1 atom stereocenters. The quantitative estimate of drug-likeness (QED) is 0.429. The SMILES string of the molecule is O=C1CC(C(=O)O)N1. The van der Waals surface area contributed by atoms with E-state index >= 15 is 0 Å². The molecule has 0 aromatic carbocycles. The monoisotopic (exact) mass is 115 g/mol. The molecular weight excluding hydrogens is 110 g/mol. The number of hydrogen-bond acceptors (Lipinski definition) is 2. The van der Waals surface area contributed by atoms with Crippen molar-refractivity contribution in [2.45, 2.75) is 12.5 Å². The van der Waals surface area contributed by atoms with E-state index in [-0.39, 0.29) is 12.3 Å². The number of carboxylic acids is 1. The second-order valence-electron chi connectivity index (χ2n) is 1.66. The molecule has 0 aromatic rings. The molecule has 4 nitrogen and oxygen atoms in total. The second-order valence-corrected chi connectivity index (χ2v) is 1.66. The molecule has 0 bridgehead atoms. The lowest BCUT2D eigenvalue weighted by atomic mass is 10.1. The van der Waals surface area contributed by atoms with E-state index in [0.29, 0.717) is 0 Å². The highest BCUT2D eigenvalue weighted by Crippen LogP contribution is 2.02. The minimum Gasteiger partial charge on any atom is -0.480 e. The molecule has 1 rings (SSSR count). The summed E-state index contributed by atoms with van der Waals surface area (Å²) in [7, 11) is 0. The van der Waals surface area contributed by atoms with Crippen LogP contribution in [-0.2, 0) is 9.59 Å². The second kappa shape index (κ2) is 1.47. The number of carbonyl (C=O) groups excluding carboxylic acids is 1. The molecule has 2 N–H and O–H groups in total. The van der Waals surface area contributed by atoms with Gasteiger partial charge in [0.2, 0.25) is 5.91 Å². The largest absolute Gasteiger partial charge is 0.480 e. The Balaban J connectivity index is 2.35. The van der Waals surface area contributed by atoms with Gasteiger partial charge in [0.25, 0.3) is 0 Å². The molecular formula is C4H5NO3. The van der Waals surface area contributed by atoms with Gasteiger partial charge < -0.3 is 10.4 Å². The zero-order valence-corrected chi connectivity index (χ0v) is 4.05. The van der Waals surface area contributed by atoms with Gasteiger partial charge in [-0.15, -0.1) is 0 Å². The maximum atomic E-state index is 10.0. The van der Waals surface area contributed by atoms with Crippen molar-refractivity contribution in [1.29, 1.82) is 0 Å². The van der Waals surface area contributed by atoms with Crippen molar-refractivity contribution in [2.24, 2.45) is 0 Å². The maximum absolute atomic E-state index is 10.0. The third-order valence-electron chi connectivity index (χ3n) is 1.02. The van der Waals surface area contributed by atoms with Crippen LogP contribution < -0.4 is 5.32 Å². The molecule has 0 aromatic heterocycles. The lowest BCUT2D eigenvalue weighted by molar-refractivity contribution is -0.147. The van der Waals surface area contributed by atoms with Crippen LogP contribution >= 0.6 is 0 Å². The van der Waals surface area contributed by atoms with Crippen LogP contribution in [0.4, 0.5) is 0 Å². The lowest BCUT2D eigenvalue weighted by Gasteiger charge is -2.21. The molecule has 1 unspecified atom stereocenters. The van der Waals surface area contributed by atoms with Crippen molar-refractivity contribution < 1.29 is 14.7 Å². The Morgan fingerprint density at radius 3 is 2.50 bits per heavy atom. The van der Waals surface area contributed by atoms with Crippen molar-refractivity contribution >= 4 is 11.9 Å². The molecule has 0 spiro atoms. The van der Waals surface area contributed by atoms with Crippen LogP contribution in [0.3, 0.4) is 0 Å². The predicted molar refractivity (Wildman–Crippen MR) is 24.2 cm³/mol. The number of carboxylic acid groups (broad SMARTS) is 1. The first-order valence-electron chi connectivity index (χ1n) is 2.22. The number of nitrogens with one attached hydrogen (secondary N) is 1. The molecule has 0 radical (unpaired) electrons. The highest BCUT2D eigenvalue weighted by atomic mass is 16.4. The highest BCUT2D eigenvalue weighted by Gasteiger charge is 2.31. The van der Waals surface area contributed by atoms with E-state index in [9.17, 15) is 9.59 Å². The molecule has 1 amide bonds. The zero-order chi connectivity index (χ0) is 6.15. The van der Waals surface area contributed by atoms with Gasteiger partial charge in [-0.05, 0) is 0 Å². The Hall–Kier alpha value is -1.06. The Kier molecular flexibility index (Phi) is 0.932. The molecule has 1 aliphatic heterocycles. The third-order valence-corrected chi connectivity index (χ3v) is 1.02. The summed E-state index contributed by atoms with van der Waals surface area (Å²) in [4.78, 5) is 20.0. The third kappa shape index (κ3) is 0.641. The Morgan fingerprint density at radius 2 is 2.38 bits per heavy atom. The van der Waals surface area contributed by atoms with Crippen molar-refractivity contribution in [3.8, 4) is 0 Å². The van der Waals surface area contributed by atoms with E-state index in [0.717, 1.165) is 0 Å². The molecule has 0 aliphatic carbocycles. The lowest BCUT2D eigenvalue weighted by Crippen LogP contribution is -2.53. The number of rotatable bonds is 1. The first kappa shape index (κ1) is 5.08. The molecule has 1 heterocycles. The maximum Gasteiger partial charge on any atom is 0.326 e. The van der Waals surface area contributed by atoms with Gasteiger partial charge in [-0.3, -0.25) is 4.79 Å². The van der Waals surface area contributed by atoms with Gasteiger partial charge in [-0.25, -0.2) is 4.79 Å². The van der Waals surface area contributed by atoms with Crippen molar-refractivity contribution in [2.75, 3.05) is 0 Å². The Bertz CT molecular complexity index is 134. The van der Waals surface area contributed by atoms with E-state index in [1.54, 1.807) is 0 Å². The molecule has 44 valence electrons. The average Bonchev–Trinajstić information content (AvgIpc) is 1.57. The Morgan fingerprint density at radius 1 is 1.88 bits per heavy atom. The minimum atomic E-state index is -0.954. The summed E-state index contributed by atoms with van der Waals surface area (Å²) in [5.74, 6) is -1.14. The van der Waals surface area contributed by atoms with Crippen LogP contribution in [0.15, 0.2) is 0 Å². The van der Waals surface area contributed by atoms with E-state index in [1.165, 1.54) is 0 Å². The normalized spacial score (nSPS) is 26.0. The molecule has 4 heteroatoms. The summed E-state index contributed by atoms with van der Waals surface area (Å²) < 4.78 is 0. The fourth-order valence-corrected chi connectivity index (χ4v) is 0.508. The van der Waals surface area contributed by atoms with Gasteiger partial charge in [-0.2, -0.15) is 0 Å². The van der Waals surface area contributed by atoms with E-state index in [2.05, 4.69) is 5.32 Å². The van der Waals surface area contributed by atoms with Crippen LogP contribution in [0.5, 0.6) is 0 Å². The zero-order valence-electron chi connectivity index (χ0n) is 4.05. The van der Waals surface area contributed by atoms with Gasteiger partial charge in [0.1, 0.15) is 6.04 Å². The fraction of sp³-hybridized carbons (Fsp3) is 0.500. The predicted octanol–water partition coefficient (Wildman–Crippen LogP) is -1.04. The number of β-lactam (4-membered cyclic amide) rings is 1. The van der Waals surface area contributed by atoms with Crippen molar-refractivity contribution in [3.05, 3.63) is 0 Å². The summed E-state index contributed by atoms with van der Waals surface area (Å²) in [6.45, 7) is 0. The number of carbonyl (C=O) groups is 2. The average molecular weight is 115 g/mol. The molecule has 1 saturated heterocycles. The van der Waals surface area contributed by atoms with Gasteiger partial charge in [-0.1, -0.05) is 0 Å². The van der Waals surface area contributed by atoms with Gasteiger partial charge in [0.15, 0.2) is 0 Å². The van der Waals surface area contributed by atoms with E-state index in [4.69, 9.17) is 5.11 Å². The summed E-state index contributed by atoms with van der Waals surface area (Å²) in [5.41, 5.74) is 0. The topological polar surface area (TPSA) is 66.4 Å². The van der Waals surface area contributed by atoms with Crippen LogP contribution in [0.2, 0.25) is 0 Å². The summed E-state index contributed by atoms with van der Waals surface area (Å²) in [6, 6.07) is -0.623. The van der Waals surface area contributed by atoms with Crippen LogP contribution in [0.25, 0.3) is 0 Å². The first-order chi connectivity index (χ1) is 3.70. The fourth-order valence-electron chi connectivity index (χ4n) is 0.508. The summed E-state index contributed by atoms with van der Waals surface area (Å²) in [6.07, 6.45) is 0.134.